The Bertz CT molecular complexity index is 519. The minimum Gasteiger partial charge on any atom is -0.454 e. The monoisotopic (exact) mass is 337 g/mol. The molecule has 1 aromatic rings. The van der Waals surface area contributed by atoms with Crippen molar-refractivity contribution in [2.75, 3.05) is 13.3 Å². The topological polar surface area (TPSA) is 30.5 Å². The third-order valence-electron chi connectivity index (χ3n) is 5.11. The third-order valence-corrected chi connectivity index (χ3v) is 5.70. The second-order valence-corrected chi connectivity index (χ2v) is 7.23. The highest BCUT2D eigenvalue weighted by molar-refractivity contribution is 9.10. The molecular formula is C16H20BrNO2. The molecule has 4 heteroatoms. The van der Waals surface area contributed by atoms with Gasteiger partial charge in [-0.05, 0) is 77.2 Å². The zero-order valence-electron chi connectivity index (χ0n) is 11.5. The molecular weight excluding hydrogens is 318 g/mol. The Morgan fingerprint density at radius 2 is 2.15 bits per heavy atom. The lowest BCUT2D eigenvalue weighted by Crippen LogP contribution is -2.26. The first-order valence-electron chi connectivity index (χ1n) is 7.58. The molecule has 1 aliphatic heterocycles. The van der Waals surface area contributed by atoms with Crippen LogP contribution in [-0.2, 0) is 6.54 Å². The summed E-state index contributed by atoms with van der Waals surface area (Å²) in [7, 11) is 0. The van der Waals surface area contributed by atoms with Gasteiger partial charge in [-0.25, -0.2) is 0 Å². The minimum atomic E-state index is 0.329. The molecule has 4 rings (SSSR count). The number of rotatable bonds is 4. The van der Waals surface area contributed by atoms with Crippen LogP contribution in [0.3, 0.4) is 0 Å². The lowest BCUT2D eigenvalue weighted by molar-refractivity contribution is 0.173. The highest BCUT2D eigenvalue weighted by Crippen LogP contribution is 2.48. The van der Waals surface area contributed by atoms with Gasteiger partial charge >= 0.3 is 0 Å². The summed E-state index contributed by atoms with van der Waals surface area (Å²) in [5.74, 6) is 4.63. The smallest absolute Gasteiger partial charge is 0.231 e. The summed E-state index contributed by atoms with van der Waals surface area (Å²) >= 11 is 3.55. The average molecular weight is 338 g/mol. The number of hydrogen-bond donors (Lipinski definition) is 1. The van der Waals surface area contributed by atoms with E-state index in [4.69, 9.17) is 9.47 Å². The van der Waals surface area contributed by atoms with Gasteiger partial charge in [0, 0.05) is 6.54 Å². The van der Waals surface area contributed by atoms with Crippen LogP contribution in [0.15, 0.2) is 16.6 Å². The second-order valence-electron chi connectivity index (χ2n) is 6.38. The molecule has 1 N–H and O–H groups in total. The van der Waals surface area contributed by atoms with Crippen molar-refractivity contribution in [2.45, 2.75) is 32.2 Å². The first-order valence-corrected chi connectivity index (χ1v) is 8.37. The van der Waals surface area contributed by atoms with Crippen molar-refractivity contribution in [1.29, 1.82) is 0 Å². The number of ether oxygens (including phenoxy) is 2. The quantitative estimate of drug-likeness (QED) is 0.908. The van der Waals surface area contributed by atoms with Gasteiger partial charge in [-0.3, -0.25) is 0 Å². The number of nitrogens with one attached hydrogen (secondary N) is 1. The van der Waals surface area contributed by atoms with Crippen LogP contribution in [-0.4, -0.2) is 13.3 Å². The highest BCUT2D eigenvalue weighted by Gasteiger charge is 2.38. The van der Waals surface area contributed by atoms with Crippen LogP contribution in [0.4, 0.5) is 0 Å². The second kappa shape index (κ2) is 5.23. The molecule has 3 aliphatic rings. The van der Waals surface area contributed by atoms with E-state index in [9.17, 15) is 0 Å². The standard InChI is InChI=1S/C16H20BrNO2/c17-14-5-11(6-15-16(14)20-9-19-15)7-18-8-13-4-10-1-2-12(13)3-10/h5-6,10,12-13,18H,1-4,7-9H2. The van der Waals surface area contributed by atoms with Gasteiger partial charge in [-0.2, -0.15) is 0 Å². The summed E-state index contributed by atoms with van der Waals surface area (Å²) in [5, 5.41) is 3.63. The van der Waals surface area contributed by atoms with Crippen LogP contribution in [0.5, 0.6) is 11.5 Å². The van der Waals surface area contributed by atoms with Gasteiger partial charge in [0.15, 0.2) is 11.5 Å². The molecule has 0 spiro atoms. The van der Waals surface area contributed by atoms with E-state index in [1.54, 1.807) is 0 Å². The van der Waals surface area contributed by atoms with E-state index >= 15 is 0 Å². The number of halogens is 1. The largest absolute Gasteiger partial charge is 0.454 e. The highest BCUT2D eigenvalue weighted by atomic mass is 79.9. The van der Waals surface area contributed by atoms with Crippen LogP contribution in [0, 0.1) is 17.8 Å². The summed E-state index contributed by atoms with van der Waals surface area (Å²) < 4.78 is 11.9. The molecule has 2 bridgehead atoms. The van der Waals surface area contributed by atoms with Crippen molar-refractivity contribution in [3.05, 3.63) is 22.2 Å². The Kier molecular flexibility index (Phi) is 3.39. The number of fused-ring (bicyclic) bond motifs is 3. The molecule has 1 heterocycles. The van der Waals surface area contributed by atoms with Crippen molar-refractivity contribution >= 4 is 15.9 Å². The Balaban J connectivity index is 1.35. The van der Waals surface area contributed by atoms with Crippen molar-refractivity contribution in [3.63, 3.8) is 0 Å². The lowest BCUT2D eigenvalue weighted by Gasteiger charge is -2.22. The van der Waals surface area contributed by atoms with Crippen LogP contribution in [0.2, 0.25) is 0 Å². The average Bonchev–Trinajstić information content (AvgIpc) is 3.13. The van der Waals surface area contributed by atoms with Crippen molar-refractivity contribution in [1.82, 2.24) is 5.32 Å². The Morgan fingerprint density at radius 3 is 2.95 bits per heavy atom. The van der Waals surface area contributed by atoms with Gasteiger partial charge < -0.3 is 14.8 Å². The normalized spacial score (nSPS) is 30.1. The van der Waals surface area contributed by atoms with Gasteiger partial charge in [0.25, 0.3) is 0 Å². The lowest BCUT2D eigenvalue weighted by atomic mass is 9.89. The zero-order chi connectivity index (χ0) is 13.5. The molecule has 108 valence electrons. The molecule has 0 radical (unpaired) electrons. The summed E-state index contributed by atoms with van der Waals surface area (Å²) in [6.07, 6.45) is 5.88. The minimum absolute atomic E-state index is 0.329. The Morgan fingerprint density at radius 1 is 1.20 bits per heavy atom. The maximum Gasteiger partial charge on any atom is 0.231 e. The zero-order valence-corrected chi connectivity index (χ0v) is 13.1. The maximum absolute atomic E-state index is 5.46. The first-order chi connectivity index (χ1) is 9.79. The van der Waals surface area contributed by atoms with Gasteiger partial charge in [0.1, 0.15) is 0 Å². The molecule has 2 aliphatic carbocycles. The maximum atomic E-state index is 5.46. The Labute approximate surface area is 128 Å². The molecule has 1 aromatic carbocycles. The van der Waals surface area contributed by atoms with E-state index in [1.807, 2.05) is 0 Å². The molecule has 3 unspecified atom stereocenters. The summed E-state index contributed by atoms with van der Waals surface area (Å²) in [6, 6.07) is 4.21. The molecule has 0 amide bonds. The molecule has 20 heavy (non-hydrogen) atoms. The summed E-state index contributed by atoms with van der Waals surface area (Å²) in [5.41, 5.74) is 1.25. The van der Waals surface area contributed by atoms with Crippen LogP contribution in [0.1, 0.15) is 31.2 Å². The molecule has 2 saturated carbocycles. The SMILES string of the molecule is Brc1cc(CNCC2CC3CCC2C3)cc2c1OCO2. The van der Waals surface area contributed by atoms with Crippen molar-refractivity contribution in [2.24, 2.45) is 17.8 Å². The fourth-order valence-corrected chi connectivity index (χ4v) is 4.76. The van der Waals surface area contributed by atoms with Crippen LogP contribution in [0.25, 0.3) is 0 Å². The van der Waals surface area contributed by atoms with E-state index in [1.165, 1.54) is 31.2 Å². The fourth-order valence-electron chi connectivity index (χ4n) is 4.15. The van der Waals surface area contributed by atoms with E-state index in [0.29, 0.717) is 6.79 Å². The van der Waals surface area contributed by atoms with Gasteiger partial charge in [0.2, 0.25) is 6.79 Å². The summed E-state index contributed by atoms with van der Waals surface area (Å²) in [6.45, 7) is 2.40. The number of hydrogen-bond acceptors (Lipinski definition) is 3. The first kappa shape index (κ1) is 13.0. The predicted octanol–water partition coefficient (Wildman–Crippen LogP) is 3.70. The van der Waals surface area contributed by atoms with E-state index in [-0.39, 0.29) is 0 Å². The van der Waals surface area contributed by atoms with Gasteiger partial charge in [-0.1, -0.05) is 6.42 Å². The molecule has 0 saturated heterocycles. The van der Waals surface area contributed by atoms with Gasteiger partial charge in [0.05, 0.1) is 4.47 Å². The van der Waals surface area contributed by atoms with Crippen LogP contribution < -0.4 is 14.8 Å². The van der Waals surface area contributed by atoms with E-state index in [0.717, 1.165) is 46.8 Å². The third kappa shape index (κ3) is 2.33. The predicted molar refractivity (Wildman–Crippen MR) is 80.9 cm³/mol. The van der Waals surface area contributed by atoms with Crippen LogP contribution >= 0.6 is 15.9 Å². The van der Waals surface area contributed by atoms with E-state index < -0.39 is 0 Å². The van der Waals surface area contributed by atoms with Crippen molar-refractivity contribution in [3.8, 4) is 11.5 Å². The molecule has 2 fully saturated rings. The molecule has 3 nitrogen and oxygen atoms in total. The Hall–Kier alpha value is -0.740. The van der Waals surface area contributed by atoms with Gasteiger partial charge in [-0.15, -0.1) is 0 Å². The fraction of sp³-hybridized carbons (Fsp3) is 0.625. The molecule has 3 atom stereocenters. The molecule has 0 aromatic heterocycles. The summed E-state index contributed by atoms with van der Waals surface area (Å²) in [4.78, 5) is 0. The number of benzene rings is 1. The van der Waals surface area contributed by atoms with E-state index in [2.05, 4.69) is 33.4 Å². The van der Waals surface area contributed by atoms with Crippen molar-refractivity contribution < 1.29 is 9.47 Å².